The van der Waals surface area contributed by atoms with Crippen LogP contribution in [0.15, 0.2) is 396 Å². The van der Waals surface area contributed by atoms with Crippen molar-refractivity contribution < 1.29 is 51.6 Å². The van der Waals surface area contributed by atoms with Crippen LogP contribution < -0.4 is 0 Å². The number of hydrogen-bond acceptors (Lipinski definition) is 13. The summed E-state index contributed by atoms with van der Waals surface area (Å²) in [5, 5.41) is 6.40. The molecule has 1 saturated carbocycles. The second-order valence-corrected chi connectivity index (χ2v) is 37.4. The quantitative estimate of drug-likeness (QED) is 0.0676. The molecule has 5 aliphatic carbocycles. The van der Waals surface area contributed by atoms with Crippen LogP contribution in [0.4, 0.5) is 0 Å². The Morgan fingerprint density at radius 3 is 1.01 bits per heavy atom. The van der Waals surface area contributed by atoms with Gasteiger partial charge >= 0.3 is 5.97 Å². The summed E-state index contributed by atoms with van der Waals surface area (Å²) in [6.45, 7) is 30.1. The molecular weight excluding hydrogens is 1870 g/mol. The lowest BCUT2D eigenvalue weighted by Gasteiger charge is -2.09. The Hall–Kier alpha value is -12.2. The van der Waals surface area contributed by atoms with Gasteiger partial charge in [-0.2, -0.15) is 11.3 Å². The number of benzene rings is 10. The Morgan fingerprint density at radius 2 is 0.745 bits per heavy atom. The molecule has 802 valence electrons. The number of furan rings is 2. The van der Waals surface area contributed by atoms with Crippen molar-refractivity contribution in [2.24, 2.45) is 0 Å². The number of Topliss-reactive ketones (excluding diaryl/α,β-unsaturated/α-hetero) is 2. The fraction of sp³-hybridized carbons (Fsp3) is 0.375. The van der Waals surface area contributed by atoms with Crippen molar-refractivity contribution in [2.75, 3.05) is 66.6 Å². The average molecular weight is 2060 g/mol. The van der Waals surface area contributed by atoms with Crippen LogP contribution in [0.2, 0.25) is 0 Å². The fourth-order valence-corrected chi connectivity index (χ4v) is 16.8. The predicted molar refractivity (Wildman–Crippen MR) is 637 cm³/mol. The van der Waals surface area contributed by atoms with Crippen molar-refractivity contribution in [2.45, 2.75) is 270 Å². The minimum atomic E-state index is -0.198. The van der Waals surface area contributed by atoms with E-state index in [9.17, 15) is 14.4 Å². The summed E-state index contributed by atoms with van der Waals surface area (Å²) >= 11 is 3.59. The van der Waals surface area contributed by atoms with E-state index in [1.54, 1.807) is 54.4 Å². The number of esters is 1. The van der Waals surface area contributed by atoms with E-state index in [1.807, 2.05) is 183 Å². The lowest BCUT2D eigenvalue weighted by atomic mass is 10.0. The third-order valence-electron chi connectivity index (χ3n) is 23.7. The molecule has 14 aromatic rings. The van der Waals surface area contributed by atoms with E-state index in [1.165, 1.54) is 195 Å². The van der Waals surface area contributed by atoms with E-state index < -0.39 is 0 Å². The first kappa shape index (κ1) is 131. The van der Waals surface area contributed by atoms with Crippen molar-refractivity contribution in [3.05, 3.63) is 476 Å². The van der Waals surface area contributed by atoms with Crippen molar-refractivity contribution in [1.82, 2.24) is 0 Å². The molecular formula is C136H180O11S2. The highest BCUT2D eigenvalue weighted by Gasteiger charge is 2.17. The summed E-state index contributed by atoms with van der Waals surface area (Å²) in [6.07, 6.45) is 48.8. The molecule has 13 heteroatoms. The topological polar surface area (TPSA) is 133 Å². The fourth-order valence-electron chi connectivity index (χ4n) is 15.4. The number of rotatable bonds is 16. The highest BCUT2D eigenvalue weighted by Crippen LogP contribution is 2.36. The van der Waals surface area contributed by atoms with Gasteiger partial charge in [0.15, 0.2) is 0 Å². The van der Waals surface area contributed by atoms with Crippen molar-refractivity contribution in [3.63, 3.8) is 0 Å². The zero-order chi connectivity index (χ0) is 105. The van der Waals surface area contributed by atoms with Gasteiger partial charge in [0, 0.05) is 57.0 Å². The van der Waals surface area contributed by atoms with Crippen LogP contribution in [-0.2, 0) is 139 Å². The van der Waals surface area contributed by atoms with Gasteiger partial charge in [-0.3, -0.25) is 14.4 Å². The molecule has 0 radical (unpaired) electrons. The first-order chi connectivity index (χ1) is 72.2. The molecule has 7 heterocycles. The molecule has 0 spiro atoms. The minimum Gasteiger partial charge on any atom is -0.502 e. The predicted octanol–water partition coefficient (Wildman–Crippen LogP) is 35.8. The molecule has 22 rings (SSSR count). The number of thiophene rings is 2. The molecule has 0 bridgehead atoms. The first-order valence-electron chi connectivity index (χ1n) is 53.8. The van der Waals surface area contributed by atoms with E-state index in [4.69, 9.17) is 32.5 Å². The van der Waals surface area contributed by atoms with Gasteiger partial charge in [0.25, 0.3) is 0 Å². The third kappa shape index (κ3) is 66.8. The molecule has 149 heavy (non-hydrogen) atoms. The lowest BCUT2D eigenvalue weighted by molar-refractivity contribution is -0.139. The Balaban J connectivity index is 0.000000408. The monoisotopic (exact) mass is 2050 g/mol. The van der Waals surface area contributed by atoms with Crippen LogP contribution in [0.3, 0.4) is 0 Å². The maximum absolute atomic E-state index is 11.8. The van der Waals surface area contributed by atoms with Gasteiger partial charge in [-0.05, 0) is 284 Å². The Kier molecular flexibility index (Phi) is 79.9. The normalized spacial score (nSPS) is 12.8. The second kappa shape index (κ2) is 90.9. The number of ketones is 2. The molecule has 0 unspecified atom stereocenters. The van der Waals surface area contributed by atoms with Gasteiger partial charge in [0.05, 0.1) is 71.6 Å². The van der Waals surface area contributed by atoms with Crippen LogP contribution in [-0.4, -0.2) is 84.1 Å². The summed E-state index contributed by atoms with van der Waals surface area (Å²) in [7, 11) is 1.39. The van der Waals surface area contributed by atoms with E-state index in [2.05, 4.69) is 245 Å². The van der Waals surface area contributed by atoms with Gasteiger partial charge < -0.3 is 37.3 Å². The molecule has 0 atom stereocenters. The maximum atomic E-state index is 11.8. The van der Waals surface area contributed by atoms with Gasteiger partial charge in [0.2, 0.25) is 0 Å². The van der Waals surface area contributed by atoms with E-state index in [-0.39, 0.29) is 32.4 Å². The van der Waals surface area contributed by atoms with Crippen molar-refractivity contribution in [3.8, 4) is 11.1 Å². The smallest absolute Gasteiger partial charge is 0.309 e. The number of carbonyl (C=O) groups excluding carboxylic acids is 3. The van der Waals surface area contributed by atoms with Gasteiger partial charge in [-0.25, -0.2) is 0 Å². The summed E-state index contributed by atoms with van der Waals surface area (Å²) in [4.78, 5) is 34.6. The molecule has 2 saturated heterocycles. The van der Waals surface area contributed by atoms with E-state index >= 15 is 0 Å². The molecule has 10 aromatic carbocycles. The first-order valence-corrected chi connectivity index (χ1v) is 55.6. The number of aryl methyl sites for hydroxylation is 8. The molecule has 8 aliphatic rings. The van der Waals surface area contributed by atoms with E-state index in [0.29, 0.717) is 25.7 Å². The van der Waals surface area contributed by atoms with E-state index in [0.717, 1.165) is 132 Å². The van der Waals surface area contributed by atoms with Crippen LogP contribution >= 0.6 is 22.7 Å². The summed E-state index contributed by atoms with van der Waals surface area (Å²) in [5.41, 5.74) is 23.0. The highest BCUT2D eigenvalue weighted by atomic mass is 32.1. The number of ether oxygens (including phenoxy) is 6. The Morgan fingerprint density at radius 1 is 0.336 bits per heavy atom. The highest BCUT2D eigenvalue weighted by molar-refractivity contribution is 7.09. The lowest BCUT2D eigenvalue weighted by Crippen LogP contribution is -2.16. The minimum absolute atomic E-state index is 0. The van der Waals surface area contributed by atoms with Crippen LogP contribution in [0.1, 0.15) is 262 Å². The molecule has 11 nitrogen and oxygen atoms in total. The number of fused-ring (bicyclic) bond motifs is 5. The second-order valence-electron chi connectivity index (χ2n) is 35.6. The molecule has 0 amide bonds. The van der Waals surface area contributed by atoms with Gasteiger partial charge in [-0.1, -0.05) is 404 Å². The summed E-state index contributed by atoms with van der Waals surface area (Å²) in [5.74, 6) is 1.33. The van der Waals surface area contributed by atoms with Crippen molar-refractivity contribution >= 4 is 40.2 Å². The SMILES string of the molecule is C.C.C1=CCCCC1.C1=COCCC1.C1CCCCC1.C1CCOC1.C1COCCO1.C=C1Cc2ccccc2C1.CC(=O)Cc1ccccc1.CCOCC.CCc1ccccc1.CCc1ccccc1.CCc1ccco1.CCc1cccs1.CCc1ccoc1.CCc1ccsc1.COC(=O)Cc1ccccc1.O=C(Cc1ccccc1)Cc1ccccc1.c1ccc2c(c1)CCC2.c1ccc2c(c1)Cc1ccccc1-2. The van der Waals surface area contributed by atoms with Gasteiger partial charge in [-0.15, -0.1) is 11.3 Å². The average Bonchev–Trinajstić information content (AvgIpc) is 1.65. The zero-order valence-electron chi connectivity index (χ0n) is 90.4. The largest absolute Gasteiger partial charge is 0.502 e. The standard InChI is InChI=1S/C15H14O.C13H10.C10H10.C9H10O2.C9H10O.C9H10.2C8H10.2C6H8O.2C6H8S.C6H12.C6H10.C5H8O.C4H8O2.C4H8O.C4H10O.2CH4/c16-15(11-13-7-3-1-4-8-13)12-14-9-5-2-6-10-14;1-3-7-12-10(5-1)9-11-6-2-4-8-13(11)12;1-8-6-9-4-2-3-5-10(9)7-8;1-11-9(10)7-8-5-3-2-4-6-8;1-8(10)7-9-5-3-2-4-6-9;1-2-5-9-7-3-6-8(9)4-1;2*1-2-8-6-4-3-5-7-8;1-2-6-3-4-7-5-6;1-2-6-4-3-5-7-6;1-2-6-3-4-7-5-6;1-2-6-4-3-5-7-6;3*1-2-4-6-5-3-1;1-2-6-4-3-5-1;1-2-4-5-3-1;1-3-5-4-2;;/h1-10H,11-12H2;1-8H,9H2;2-5H,1,6-7H2;2-6H,7H2,1H3;2-6H,7H2,1H3;1-2,4-5H,3,6-7H2;2*3-7H,2H2,1H3;4*3-5H,2H2,1H3;1-6H2;1-2H,3-6H2;2,4H,1,3,5H2;1-4H2;1-4H2;3-4H2,1-2H3;2*1H4. The number of carbonyl (C=O) groups is 3. The zero-order valence-corrected chi connectivity index (χ0v) is 92.0. The number of hydrogen-bond donors (Lipinski definition) is 0. The molecule has 3 fully saturated rings. The van der Waals surface area contributed by atoms with Crippen molar-refractivity contribution in [1.29, 1.82) is 0 Å². The molecule has 4 aromatic heterocycles. The maximum Gasteiger partial charge on any atom is 0.309 e. The molecule has 0 N–H and O–H groups in total. The Bertz CT molecular complexity index is 5080. The number of methoxy groups -OCH3 is 1. The number of allylic oxidation sites excluding steroid dienone is 4. The summed E-state index contributed by atoms with van der Waals surface area (Å²) in [6, 6.07) is 107. The third-order valence-corrected chi connectivity index (χ3v) is 25.5. The van der Waals surface area contributed by atoms with Crippen LogP contribution in [0.5, 0.6) is 0 Å². The van der Waals surface area contributed by atoms with Gasteiger partial charge in [0.1, 0.15) is 17.3 Å². The summed E-state index contributed by atoms with van der Waals surface area (Å²) < 4.78 is 38.9. The molecule has 3 aliphatic heterocycles. The van der Waals surface area contributed by atoms with Crippen LogP contribution in [0.25, 0.3) is 11.1 Å². The Labute approximate surface area is 908 Å². The van der Waals surface area contributed by atoms with Crippen LogP contribution in [0, 0.1) is 0 Å².